The molecule has 0 aromatic heterocycles. The van der Waals surface area contributed by atoms with Crippen molar-refractivity contribution in [3.8, 4) is 0 Å². The Balaban J connectivity index is 2.35. The maximum absolute atomic E-state index is 13.1. The minimum absolute atomic E-state index is 0.0114. The van der Waals surface area contributed by atoms with Crippen LogP contribution in [0, 0.1) is 5.82 Å². The molecule has 0 heterocycles. The van der Waals surface area contributed by atoms with Crippen LogP contribution in [0.1, 0.15) is 42.2 Å². The third-order valence-electron chi connectivity index (χ3n) is 4.63. The summed E-state index contributed by atoms with van der Waals surface area (Å²) in [5.41, 5.74) is 1.15. The monoisotopic (exact) mass is 437 g/mol. The number of rotatable bonds is 6. The number of benzene rings is 2. The fourth-order valence-electron chi connectivity index (χ4n) is 2.70. The number of hydrogen-bond acceptors (Lipinski definition) is 3. The van der Waals surface area contributed by atoms with Crippen LogP contribution in [0.5, 0.6) is 0 Å². The highest BCUT2D eigenvalue weighted by molar-refractivity contribution is 5.87. The van der Waals surface area contributed by atoms with E-state index < -0.39 is 53.3 Å². The molecule has 0 radical (unpaired) electrons. The molecule has 0 saturated carbocycles. The highest BCUT2D eigenvalue weighted by Gasteiger charge is 2.38. The van der Waals surface area contributed by atoms with Crippen LogP contribution in [0.2, 0.25) is 0 Å². The van der Waals surface area contributed by atoms with Crippen molar-refractivity contribution < 1.29 is 40.3 Å². The van der Waals surface area contributed by atoms with Crippen LogP contribution in [0.25, 0.3) is 0 Å². The first-order chi connectivity index (χ1) is 13.6. The summed E-state index contributed by atoms with van der Waals surface area (Å²) in [6, 6.07) is 5.72. The zero-order valence-electron chi connectivity index (χ0n) is 15.9. The summed E-state index contributed by atoms with van der Waals surface area (Å²) in [6.45, 7) is 1.83. The Kier molecular flexibility index (Phi) is 6.63. The third-order valence-corrected chi connectivity index (χ3v) is 4.63. The molecular formula is C20H18F7NO2. The first-order valence-electron chi connectivity index (χ1n) is 8.61. The maximum atomic E-state index is 13.1. The summed E-state index contributed by atoms with van der Waals surface area (Å²) in [5.74, 6) is -1.16. The maximum Gasteiger partial charge on any atom is 0.416 e. The van der Waals surface area contributed by atoms with Crippen LogP contribution >= 0.6 is 0 Å². The summed E-state index contributed by atoms with van der Waals surface area (Å²) in [4.78, 5) is 12.1. The van der Waals surface area contributed by atoms with Crippen molar-refractivity contribution in [3.63, 3.8) is 0 Å². The second-order valence-electron chi connectivity index (χ2n) is 6.83. The highest BCUT2D eigenvalue weighted by atomic mass is 19.4. The quantitative estimate of drug-likeness (QED) is 0.617. The van der Waals surface area contributed by atoms with Crippen LogP contribution in [0.3, 0.4) is 0 Å². The lowest BCUT2D eigenvalue weighted by atomic mass is 9.88. The number of Topliss-reactive ketones (excluding diaryl/α,β-unsaturated/α-hetero) is 1. The molecule has 2 rings (SSSR count). The molecule has 10 heteroatoms. The number of halogens is 7. The van der Waals surface area contributed by atoms with E-state index in [2.05, 4.69) is 0 Å². The lowest BCUT2D eigenvalue weighted by molar-refractivity contribution is -0.143. The highest BCUT2D eigenvalue weighted by Crippen LogP contribution is 2.38. The van der Waals surface area contributed by atoms with Gasteiger partial charge in [0.2, 0.25) is 0 Å². The standard InChI is InChI=1S/C20H18F7NO2/c1-11(13-7-15(19(22,23)24)9-16(8-13)20(25,26)27)30-10-18(28,12(2)29)14-3-5-17(21)6-4-14/h3-9,11H,10,28H2,1-2H3/t11-,18+/m1/s1. The first-order valence-corrected chi connectivity index (χ1v) is 8.61. The molecule has 0 saturated heterocycles. The molecule has 30 heavy (non-hydrogen) atoms. The van der Waals surface area contributed by atoms with Gasteiger partial charge in [-0.2, -0.15) is 26.3 Å². The van der Waals surface area contributed by atoms with E-state index in [1.807, 2.05) is 0 Å². The number of ketones is 1. The molecule has 0 aliphatic rings. The number of carbonyl (C=O) groups excluding carboxylic acids is 1. The van der Waals surface area contributed by atoms with Crippen LogP contribution in [-0.4, -0.2) is 12.4 Å². The molecule has 0 fully saturated rings. The predicted octanol–water partition coefficient (Wildman–Crippen LogP) is 5.38. The van der Waals surface area contributed by atoms with Crippen molar-refractivity contribution in [3.05, 3.63) is 70.5 Å². The van der Waals surface area contributed by atoms with E-state index in [1.165, 1.54) is 19.1 Å². The Morgan fingerprint density at radius 3 is 1.80 bits per heavy atom. The summed E-state index contributed by atoms with van der Waals surface area (Å²) in [5, 5.41) is 0. The predicted molar refractivity (Wildman–Crippen MR) is 93.8 cm³/mol. The van der Waals surface area contributed by atoms with Gasteiger partial charge in [0.25, 0.3) is 0 Å². The summed E-state index contributed by atoms with van der Waals surface area (Å²) >= 11 is 0. The smallest absolute Gasteiger partial charge is 0.371 e. The molecular weight excluding hydrogens is 419 g/mol. The number of carbonyl (C=O) groups is 1. The van der Waals surface area contributed by atoms with Gasteiger partial charge in [-0.1, -0.05) is 12.1 Å². The Hall–Kier alpha value is -2.46. The molecule has 0 spiro atoms. The fourth-order valence-corrected chi connectivity index (χ4v) is 2.70. The van der Waals surface area contributed by atoms with Gasteiger partial charge >= 0.3 is 12.4 Å². The Bertz CT molecular complexity index is 875. The zero-order valence-corrected chi connectivity index (χ0v) is 15.9. The largest absolute Gasteiger partial charge is 0.416 e. The van der Waals surface area contributed by atoms with Crippen molar-refractivity contribution in [1.82, 2.24) is 0 Å². The summed E-state index contributed by atoms with van der Waals surface area (Å²) in [6.07, 6.45) is -11.3. The van der Waals surface area contributed by atoms with Gasteiger partial charge in [0.15, 0.2) is 5.78 Å². The minimum atomic E-state index is -5.00. The molecule has 0 aliphatic carbocycles. The lowest BCUT2D eigenvalue weighted by Crippen LogP contribution is -2.48. The SMILES string of the molecule is CC(=O)[C@@](N)(CO[C@H](C)c1cc(C(F)(F)F)cc(C(F)(F)F)c1)c1ccc(F)cc1. The van der Waals surface area contributed by atoms with Gasteiger partial charge in [-0.05, 0) is 55.3 Å². The molecule has 3 nitrogen and oxygen atoms in total. The third kappa shape index (κ3) is 5.37. The first kappa shape index (κ1) is 23.8. The normalized spacial score (nSPS) is 15.5. The fraction of sp³-hybridized carbons (Fsp3) is 0.350. The number of alkyl halides is 6. The van der Waals surface area contributed by atoms with Gasteiger partial charge < -0.3 is 10.5 Å². The minimum Gasteiger partial charge on any atom is -0.371 e. The van der Waals surface area contributed by atoms with E-state index in [0.29, 0.717) is 12.1 Å². The molecule has 164 valence electrons. The second kappa shape index (κ2) is 8.35. The van der Waals surface area contributed by atoms with Crippen LogP contribution < -0.4 is 5.73 Å². The van der Waals surface area contributed by atoms with Gasteiger partial charge in [-0.3, -0.25) is 4.79 Å². The van der Waals surface area contributed by atoms with Crippen LogP contribution in [0.15, 0.2) is 42.5 Å². The van der Waals surface area contributed by atoms with E-state index in [1.54, 1.807) is 0 Å². The van der Waals surface area contributed by atoms with Crippen molar-refractivity contribution >= 4 is 5.78 Å². The molecule has 2 N–H and O–H groups in total. The lowest BCUT2D eigenvalue weighted by Gasteiger charge is -2.29. The molecule has 0 bridgehead atoms. The van der Waals surface area contributed by atoms with Crippen molar-refractivity contribution in [2.75, 3.05) is 6.61 Å². The number of nitrogens with two attached hydrogens (primary N) is 1. The zero-order chi connectivity index (χ0) is 22.9. The molecule has 0 unspecified atom stereocenters. The van der Waals surface area contributed by atoms with Crippen molar-refractivity contribution in [1.29, 1.82) is 0 Å². The molecule has 2 aromatic carbocycles. The van der Waals surface area contributed by atoms with Crippen molar-refractivity contribution in [2.24, 2.45) is 5.73 Å². The van der Waals surface area contributed by atoms with Gasteiger partial charge in [0, 0.05) is 0 Å². The van der Waals surface area contributed by atoms with Gasteiger partial charge in [-0.15, -0.1) is 0 Å². The van der Waals surface area contributed by atoms with Gasteiger partial charge in [0.1, 0.15) is 11.4 Å². The molecule has 0 amide bonds. The Morgan fingerprint density at radius 2 is 1.40 bits per heavy atom. The summed E-state index contributed by atoms with van der Waals surface area (Å²) < 4.78 is 96.7. The van der Waals surface area contributed by atoms with E-state index >= 15 is 0 Å². The Labute approximate surface area is 167 Å². The van der Waals surface area contributed by atoms with Crippen molar-refractivity contribution in [2.45, 2.75) is 37.8 Å². The van der Waals surface area contributed by atoms with Gasteiger partial charge in [0.05, 0.1) is 23.8 Å². The molecule has 0 aliphatic heterocycles. The Morgan fingerprint density at radius 1 is 0.933 bits per heavy atom. The van der Waals surface area contributed by atoms with E-state index in [9.17, 15) is 35.5 Å². The number of hydrogen-bond donors (Lipinski definition) is 1. The average molecular weight is 437 g/mol. The second-order valence-corrected chi connectivity index (χ2v) is 6.83. The van der Waals surface area contributed by atoms with E-state index in [0.717, 1.165) is 19.1 Å². The van der Waals surface area contributed by atoms with Crippen LogP contribution in [-0.2, 0) is 27.4 Å². The topological polar surface area (TPSA) is 52.3 Å². The van der Waals surface area contributed by atoms with Gasteiger partial charge in [-0.25, -0.2) is 4.39 Å². The molecule has 2 atom stereocenters. The van der Waals surface area contributed by atoms with E-state index in [-0.39, 0.29) is 17.2 Å². The van der Waals surface area contributed by atoms with Crippen LogP contribution in [0.4, 0.5) is 30.7 Å². The summed E-state index contributed by atoms with van der Waals surface area (Å²) in [7, 11) is 0. The number of ether oxygens (including phenoxy) is 1. The average Bonchev–Trinajstić information content (AvgIpc) is 2.64. The molecule has 2 aromatic rings. The van der Waals surface area contributed by atoms with E-state index in [4.69, 9.17) is 10.5 Å².